The van der Waals surface area contributed by atoms with Crippen molar-refractivity contribution in [2.75, 3.05) is 28.2 Å². The molecule has 0 saturated heterocycles. The van der Waals surface area contributed by atoms with Gasteiger partial charge in [0, 0.05) is 17.6 Å². The van der Waals surface area contributed by atoms with E-state index in [-0.39, 0.29) is 17.1 Å². The van der Waals surface area contributed by atoms with Crippen molar-refractivity contribution in [1.29, 1.82) is 0 Å². The van der Waals surface area contributed by atoms with Gasteiger partial charge in [0.2, 0.25) is 5.91 Å². The van der Waals surface area contributed by atoms with E-state index < -0.39 is 36.5 Å². The molecule has 33 heavy (non-hydrogen) atoms. The minimum Gasteiger partial charge on any atom is -0.375 e. The number of sulfonamides is 1. The number of aryl methyl sites for hydroxylation is 1. The predicted octanol–water partition coefficient (Wildman–Crippen LogP) is 3.39. The summed E-state index contributed by atoms with van der Waals surface area (Å²) in [5.41, 5.74) is 1.64. The molecule has 1 amide bonds. The molecule has 8 nitrogen and oxygen atoms in total. The number of carbonyl (C=O) groups excluding carboxylic acids is 1. The van der Waals surface area contributed by atoms with Crippen LogP contribution in [0.2, 0.25) is 0 Å². The second-order valence-electron chi connectivity index (χ2n) is 7.29. The Kier molecular flexibility index (Phi) is 7.04. The van der Waals surface area contributed by atoms with E-state index in [9.17, 15) is 26.0 Å². The number of carbonyl (C=O) groups is 1. The molecule has 174 valence electrons. The van der Waals surface area contributed by atoms with Crippen LogP contribution in [-0.2, 0) is 24.7 Å². The zero-order valence-electron chi connectivity index (χ0n) is 17.8. The average molecular weight is 492 g/mol. The molecule has 0 unspecified atom stereocenters. The fraction of sp³-hybridized carbons (Fsp3) is 0.136. The smallest absolute Gasteiger partial charge is 0.261 e. The molecular formula is C22H22FN3O5S2. The van der Waals surface area contributed by atoms with Crippen molar-refractivity contribution in [2.45, 2.75) is 16.7 Å². The summed E-state index contributed by atoms with van der Waals surface area (Å²) in [5, 5.41) is 5.17. The van der Waals surface area contributed by atoms with E-state index in [0.29, 0.717) is 11.4 Å². The van der Waals surface area contributed by atoms with Gasteiger partial charge in [-0.15, -0.1) is 0 Å². The van der Waals surface area contributed by atoms with Gasteiger partial charge < -0.3 is 10.6 Å². The standard InChI is InChI=1S/C22H22FN3O5S2/c1-15-5-3-6-17(13-15)26-33(30,31)18-11-9-16(10-12-18)25-21(27)14-24-20-8-4-7-19(23)22(20)32(2,28)29/h3-13,24,26H,14H2,1-2H3,(H,25,27). The van der Waals surface area contributed by atoms with E-state index in [0.717, 1.165) is 17.9 Å². The van der Waals surface area contributed by atoms with Crippen molar-refractivity contribution in [3.8, 4) is 0 Å². The third-order valence-corrected chi connectivity index (χ3v) is 7.05. The number of nitrogens with one attached hydrogen (secondary N) is 3. The quantitative estimate of drug-likeness (QED) is 0.444. The van der Waals surface area contributed by atoms with E-state index in [2.05, 4.69) is 15.4 Å². The minimum atomic E-state index is -3.85. The van der Waals surface area contributed by atoms with Crippen LogP contribution in [-0.4, -0.2) is 35.5 Å². The van der Waals surface area contributed by atoms with Gasteiger partial charge in [0.15, 0.2) is 9.84 Å². The van der Waals surface area contributed by atoms with Crippen LogP contribution in [0.3, 0.4) is 0 Å². The number of amides is 1. The van der Waals surface area contributed by atoms with Gasteiger partial charge in [-0.3, -0.25) is 9.52 Å². The lowest BCUT2D eigenvalue weighted by molar-refractivity contribution is -0.114. The predicted molar refractivity (Wildman–Crippen MR) is 125 cm³/mol. The average Bonchev–Trinajstić information content (AvgIpc) is 2.71. The van der Waals surface area contributed by atoms with E-state index in [1.54, 1.807) is 18.2 Å². The highest BCUT2D eigenvalue weighted by Gasteiger charge is 2.19. The maximum Gasteiger partial charge on any atom is 0.261 e. The minimum absolute atomic E-state index is 0.0117. The molecule has 0 fully saturated rings. The number of rotatable bonds is 8. The number of halogens is 1. The second kappa shape index (κ2) is 9.59. The molecule has 0 aromatic heterocycles. The maximum absolute atomic E-state index is 13.9. The van der Waals surface area contributed by atoms with E-state index in [4.69, 9.17) is 0 Å². The fourth-order valence-electron chi connectivity index (χ4n) is 3.05. The lowest BCUT2D eigenvalue weighted by Gasteiger charge is -2.12. The monoisotopic (exact) mass is 491 g/mol. The van der Waals surface area contributed by atoms with Gasteiger partial charge in [-0.25, -0.2) is 21.2 Å². The van der Waals surface area contributed by atoms with Crippen molar-refractivity contribution < 1.29 is 26.0 Å². The van der Waals surface area contributed by atoms with E-state index >= 15 is 0 Å². The zero-order valence-corrected chi connectivity index (χ0v) is 19.4. The normalized spacial score (nSPS) is 11.6. The molecule has 0 bridgehead atoms. The highest BCUT2D eigenvalue weighted by atomic mass is 32.2. The number of hydrogen-bond acceptors (Lipinski definition) is 6. The molecular weight excluding hydrogens is 469 g/mol. The summed E-state index contributed by atoms with van der Waals surface area (Å²) in [4.78, 5) is 11.7. The molecule has 3 aromatic rings. The molecule has 3 N–H and O–H groups in total. The molecule has 11 heteroatoms. The Morgan fingerprint density at radius 2 is 1.58 bits per heavy atom. The first-order chi connectivity index (χ1) is 15.5. The summed E-state index contributed by atoms with van der Waals surface area (Å²) in [6.45, 7) is 1.52. The molecule has 3 aromatic carbocycles. The first-order valence-electron chi connectivity index (χ1n) is 9.67. The van der Waals surface area contributed by atoms with E-state index in [1.807, 2.05) is 13.0 Å². The van der Waals surface area contributed by atoms with Gasteiger partial charge in [-0.2, -0.15) is 0 Å². The van der Waals surface area contributed by atoms with Gasteiger partial charge in [0.25, 0.3) is 10.0 Å². The van der Waals surface area contributed by atoms with Crippen LogP contribution in [0.1, 0.15) is 5.56 Å². The summed E-state index contributed by atoms with van der Waals surface area (Å²) >= 11 is 0. The third kappa shape index (κ3) is 6.30. The number of hydrogen-bond donors (Lipinski definition) is 3. The van der Waals surface area contributed by atoms with Crippen molar-refractivity contribution in [1.82, 2.24) is 0 Å². The summed E-state index contributed by atoms with van der Waals surface area (Å²) in [6, 6.07) is 16.2. The SMILES string of the molecule is Cc1cccc(NS(=O)(=O)c2ccc(NC(=O)CNc3cccc(F)c3S(C)(=O)=O)cc2)c1. The van der Waals surface area contributed by atoms with Crippen LogP contribution in [0.25, 0.3) is 0 Å². The summed E-state index contributed by atoms with van der Waals surface area (Å²) < 4.78 is 65.2. The molecule has 0 aliphatic rings. The Labute approximate surface area is 191 Å². The van der Waals surface area contributed by atoms with Gasteiger partial charge in [0.1, 0.15) is 10.7 Å². The maximum atomic E-state index is 13.9. The summed E-state index contributed by atoms with van der Waals surface area (Å²) in [7, 11) is -7.66. The molecule has 3 rings (SSSR count). The Balaban J connectivity index is 1.65. The molecule has 0 radical (unpaired) electrons. The summed E-state index contributed by atoms with van der Waals surface area (Å²) in [5.74, 6) is -1.45. The Hall–Kier alpha value is -3.44. The van der Waals surface area contributed by atoms with Crippen molar-refractivity contribution in [3.63, 3.8) is 0 Å². The van der Waals surface area contributed by atoms with Crippen molar-refractivity contribution in [2.24, 2.45) is 0 Å². The lowest BCUT2D eigenvalue weighted by Crippen LogP contribution is -2.23. The Morgan fingerprint density at radius 1 is 0.909 bits per heavy atom. The van der Waals surface area contributed by atoms with Crippen LogP contribution in [0.5, 0.6) is 0 Å². The van der Waals surface area contributed by atoms with Crippen LogP contribution < -0.4 is 15.4 Å². The largest absolute Gasteiger partial charge is 0.375 e. The van der Waals surface area contributed by atoms with Gasteiger partial charge in [-0.05, 0) is 61.0 Å². The molecule has 0 atom stereocenters. The highest BCUT2D eigenvalue weighted by molar-refractivity contribution is 7.92. The highest BCUT2D eigenvalue weighted by Crippen LogP contribution is 2.24. The first-order valence-corrected chi connectivity index (χ1v) is 13.0. The Morgan fingerprint density at radius 3 is 2.21 bits per heavy atom. The van der Waals surface area contributed by atoms with Crippen LogP contribution in [0.4, 0.5) is 21.5 Å². The summed E-state index contributed by atoms with van der Waals surface area (Å²) in [6.07, 6.45) is 0.875. The van der Waals surface area contributed by atoms with E-state index in [1.165, 1.54) is 36.4 Å². The number of anilines is 3. The third-order valence-electron chi connectivity index (χ3n) is 4.50. The molecule has 0 aliphatic carbocycles. The Bertz CT molecular complexity index is 1390. The molecule has 0 saturated carbocycles. The number of sulfone groups is 1. The van der Waals surface area contributed by atoms with Crippen molar-refractivity contribution >= 4 is 42.8 Å². The zero-order chi connectivity index (χ0) is 24.2. The molecule has 0 spiro atoms. The van der Waals surface area contributed by atoms with Crippen molar-refractivity contribution in [3.05, 3.63) is 78.1 Å². The topological polar surface area (TPSA) is 121 Å². The van der Waals surface area contributed by atoms with Crippen LogP contribution in [0.15, 0.2) is 76.5 Å². The number of benzene rings is 3. The molecule has 0 aliphatic heterocycles. The van der Waals surface area contributed by atoms with Gasteiger partial charge in [-0.1, -0.05) is 18.2 Å². The van der Waals surface area contributed by atoms with Gasteiger partial charge in [0.05, 0.1) is 17.1 Å². The second-order valence-corrected chi connectivity index (χ2v) is 10.9. The fourth-order valence-corrected chi connectivity index (χ4v) is 5.06. The molecule has 0 heterocycles. The lowest BCUT2D eigenvalue weighted by atomic mass is 10.2. The van der Waals surface area contributed by atoms with Gasteiger partial charge >= 0.3 is 0 Å². The first kappa shape index (κ1) is 24.2. The van der Waals surface area contributed by atoms with Crippen LogP contribution in [0, 0.1) is 12.7 Å². The van der Waals surface area contributed by atoms with Crippen LogP contribution >= 0.6 is 0 Å².